The van der Waals surface area contributed by atoms with Crippen molar-refractivity contribution in [2.75, 3.05) is 40.6 Å². The number of carboxylic acid groups (broad SMARTS) is 1. The number of rotatable bonds is 27. The Hall–Kier alpha value is -9.06. The minimum Gasteiger partial charge on any atom is -0.497 e. The molecule has 2 aliphatic rings. The monoisotopic (exact) mass is 1360 g/mol. The first-order valence-electron chi connectivity index (χ1n) is 31.4. The number of thiophene rings is 1. The van der Waals surface area contributed by atoms with E-state index in [1.807, 2.05) is 98.8 Å². The van der Waals surface area contributed by atoms with Crippen molar-refractivity contribution in [1.29, 1.82) is 0 Å². The van der Waals surface area contributed by atoms with E-state index in [4.69, 9.17) is 68.4 Å². The fraction of sp³-hybridized carbons (Fsp3) is 0.284. The SMILES string of the molecule is COc1ccc(C(OC[C@H](COS(=O)(=O)c2ccc(C)cc2)Oc2ccc(-c3c(-c4ccc(F)cc4)sc4ncnc(OC(Cc5cc(OC6CCCCO6)c(C)cc5OCc5ccnc([C@@H]6CCCO6)n5)C(=O)O)c34)c(C)c2Cl)(c2ccccc2)c2ccc(OC)cc2)cc1. The van der Waals surface area contributed by atoms with Crippen LogP contribution in [0.1, 0.15) is 88.7 Å². The van der Waals surface area contributed by atoms with Crippen molar-refractivity contribution < 1.29 is 69.5 Å². The summed E-state index contributed by atoms with van der Waals surface area (Å²) in [5, 5.41) is 11.7. The van der Waals surface area contributed by atoms with Crippen LogP contribution in [0.5, 0.6) is 34.6 Å². The van der Waals surface area contributed by atoms with Crippen LogP contribution in [-0.4, -0.2) is 98.6 Å². The summed E-state index contributed by atoms with van der Waals surface area (Å²) in [7, 11) is -1.20. The van der Waals surface area contributed by atoms with Crippen LogP contribution in [0, 0.1) is 26.6 Å². The van der Waals surface area contributed by atoms with Gasteiger partial charge in [-0.05, 0) is 158 Å². The molecule has 96 heavy (non-hydrogen) atoms. The summed E-state index contributed by atoms with van der Waals surface area (Å²) in [6.07, 6.45) is 3.52. The van der Waals surface area contributed by atoms with Gasteiger partial charge in [0.25, 0.3) is 10.1 Å². The van der Waals surface area contributed by atoms with Gasteiger partial charge in [0.15, 0.2) is 12.1 Å². The second-order valence-electron chi connectivity index (χ2n) is 23.3. The molecule has 7 aromatic carbocycles. The lowest BCUT2D eigenvalue weighted by atomic mass is 9.80. The van der Waals surface area contributed by atoms with Gasteiger partial charge in [0.1, 0.15) is 76.7 Å². The van der Waals surface area contributed by atoms with Crippen molar-refractivity contribution in [3.05, 3.63) is 232 Å². The van der Waals surface area contributed by atoms with Gasteiger partial charge in [0.05, 0.1) is 48.4 Å². The molecule has 3 aromatic heterocycles. The number of ether oxygens (including phenoxy) is 9. The normalized spacial score (nSPS) is 15.6. The van der Waals surface area contributed by atoms with Gasteiger partial charge in [-0.2, -0.15) is 8.42 Å². The molecule has 2 aliphatic heterocycles. The predicted molar refractivity (Wildman–Crippen MR) is 360 cm³/mol. The standard InChI is InChI=1S/C74H70ClFN4O14S2/c1-45-16-30-58(31-17-45)96(83,84)91-43-57(42-90-74(50-12-7-6-8-13-50,51-20-26-55(85-4)27-21-51)52-22-28-56(86-5)29-23-52)92-60-33-32-59(47(3)68(60)75)66-67-71(78-44-79-72(67)95-69(66)48-18-24-53(76)25-19-48)94-64(73(81)82)40-49-39-62(93-65-15-9-10-36-88-65)46(2)38-63(49)89-41-54-34-35-77-70(80-54)61-14-11-37-87-61/h6-8,12-13,16-35,38-39,44,57,61,64-65H,9-11,14-15,36-37,40-43H2,1-5H3,(H,81,82)/t57-,61+,64?,65?/m1/s1. The van der Waals surface area contributed by atoms with Crippen molar-refractivity contribution in [3.63, 3.8) is 0 Å². The average molecular weight is 1360 g/mol. The molecule has 10 aromatic rings. The van der Waals surface area contributed by atoms with Gasteiger partial charge in [0.2, 0.25) is 12.0 Å². The fourth-order valence-electron chi connectivity index (χ4n) is 11.8. The highest BCUT2D eigenvalue weighted by molar-refractivity contribution is 7.86. The maximum atomic E-state index is 14.8. The molecule has 496 valence electrons. The first kappa shape index (κ1) is 66.9. The van der Waals surface area contributed by atoms with E-state index in [-0.39, 0.29) is 47.3 Å². The van der Waals surface area contributed by atoms with E-state index >= 15 is 0 Å². The van der Waals surface area contributed by atoms with Crippen molar-refractivity contribution >= 4 is 49.2 Å². The van der Waals surface area contributed by atoms with Gasteiger partial charge in [0, 0.05) is 41.6 Å². The summed E-state index contributed by atoms with van der Waals surface area (Å²) < 4.78 is 105. The molecule has 0 amide bonds. The molecule has 12 rings (SSSR count). The molecule has 0 radical (unpaired) electrons. The van der Waals surface area contributed by atoms with Crippen LogP contribution in [0.2, 0.25) is 5.02 Å². The number of aliphatic carboxylic acids is 1. The molecule has 2 saturated heterocycles. The number of hydrogen-bond acceptors (Lipinski definition) is 18. The zero-order chi connectivity index (χ0) is 66.9. The Kier molecular flexibility index (Phi) is 20.9. The lowest BCUT2D eigenvalue weighted by molar-refractivity contribution is -0.145. The number of carboxylic acids is 1. The predicted octanol–water partition coefficient (Wildman–Crippen LogP) is 15.1. The van der Waals surface area contributed by atoms with Crippen molar-refractivity contribution in [2.45, 2.75) is 101 Å². The van der Waals surface area contributed by atoms with Crippen LogP contribution < -0.4 is 28.4 Å². The van der Waals surface area contributed by atoms with E-state index in [1.54, 1.807) is 75.9 Å². The number of benzene rings is 7. The largest absolute Gasteiger partial charge is 0.497 e. The second-order valence-corrected chi connectivity index (χ2v) is 26.3. The van der Waals surface area contributed by atoms with Gasteiger partial charge in [-0.3, -0.25) is 4.18 Å². The molecule has 22 heteroatoms. The molecule has 2 fully saturated rings. The Balaban J connectivity index is 0.916. The number of aryl methyl sites for hydroxylation is 2. The smallest absolute Gasteiger partial charge is 0.345 e. The van der Waals surface area contributed by atoms with Crippen LogP contribution in [0.25, 0.3) is 31.8 Å². The number of hydrogen-bond donors (Lipinski definition) is 1. The van der Waals surface area contributed by atoms with Crippen LogP contribution in [-0.2, 0) is 51.9 Å². The third-order valence-electron chi connectivity index (χ3n) is 16.9. The molecule has 2 unspecified atom stereocenters. The van der Waals surface area contributed by atoms with E-state index in [9.17, 15) is 22.7 Å². The van der Waals surface area contributed by atoms with Gasteiger partial charge in [-0.1, -0.05) is 102 Å². The van der Waals surface area contributed by atoms with Crippen LogP contribution in [0.15, 0.2) is 175 Å². The van der Waals surface area contributed by atoms with Gasteiger partial charge in [-0.25, -0.2) is 29.1 Å². The number of nitrogens with zero attached hydrogens (tertiary/aromatic N) is 4. The summed E-state index contributed by atoms with van der Waals surface area (Å²) >= 11 is 8.81. The maximum Gasteiger partial charge on any atom is 0.345 e. The van der Waals surface area contributed by atoms with Gasteiger partial charge < -0.3 is 47.7 Å². The summed E-state index contributed by atoms with van der Waals surface area (Å²) in [5.74, 6) is 0.982. The van der Waals surface area contributed by atoms with E-state index in [2.05, 4.69) is 9.97 Å². The molecule has 0 saturated carbocycles. The lowest BCUT2D eigenvalue weighted by Gasteiger charge is -2.37. The topological polar surface area (TPSA) is 215 Å². The zero-order valence-electron chi connectivity index (χ0n) is 53.4. The van der Waals surface area contributed by atoms with Crippen molar-refractivity contribution in [3.8, 4) is 56.2 Å². The third kappa shape index (κ3) is 15.0. The molecule has 1 N–H and O–H groups in total. The first-order chi connectivity index (χ1) is 46.6. The highest BCUT2D eigenvalue weighted by Gasteiger charge is 2.40. The molecule has 5 heterocycles. The van der Waals surface area contributed by atoms with Crippen molar-refractivity contribution in [1.82, 2.24) is 19.9 Å². The highest BCUT2D eigenvalue weighted by atomic mass is 35.5. The average Bonchev–Trinajstić information content (AvgIpc) is 1.43. The lowest BCUT2D eigenvalue weighted by Crippen LogP contribution is -2.39. The van der Waals surface area contributed by atoms with E-state index < -0.39 is 52.6 Å². The quantitative estimate of drug-likeness (QED) is 0.0374. The number of methoxy groups -OCH3 is 2. The summed E-state index contributed by atoms with van der Waals surface area (Å²) in [6, 6.07) is 45.6. The Morgan fingerprint density at radius 1 is 0.750 bits per heavy atom. The molecule has 18 nitrogen and oxygen atoms in total. The zero-order valence-corrected chi connectivity index (χ0v) is 55.8. The molecular weight excluding hydrogens is 1290 g/mol. The number of fused-ring (bicyclic) bond motifs is 1. The maximum absolute atomic E-state index is 14.8. The highest BCUT2D eigenvalue weighted by Crippen LogP contribution is 2.50. The Morgan fingerprint density at radius 3 is 2.12 bits per heavy atom. The van der Waals surface area contributed by atoms with Crippen LogP contribution >= 0.6 is 22.9 Å². The molecule has 0 bridgehead atoms. The summed E-state index contributed by atoms with van der Waals surface area (Å²) in [5.41, 5.74) is 5.58. The second kappa shape index (κ2) is 29.9. The van der Waals surface area contributed by atoms with E-state index in [0.717, 1.165) is 42.4 Å². The summed E-state index contributed by atoms with van der Waals surface area (Å²) in [4.78, 5) is 33.3. The van der Waals surface area contributed by atoms with Crippen molar-refractivity contribution in [2.24, 2.45) is 0 Å². The van der Waals surface area contributed by atoms with Crippen LogP contribution in [0.4, 0.5) is 4.39 Å². The van der Waals surface area contributed by atoms with Crippen LogP contribution in [0.3, 0.4) is 0 Å². The van der Waals surface area contributed by atoms with E-state index in [1.165, 1.54) is 41.9 Å². The minimum atomic E-state index is -4.37. The van der Waals surface area contributed by atoms with Gasteiger partial charge >= 0.3 is 5.97 Å². The third-order valence-corrected chi connectivity index (χ3v) is 19.8. The molecule has 0 aliphatic carbocycles. The van der Waals surface area contributed by atoms with E-state index in [0.29, 0.717) is 108 Å². The Bertz CT molecular complexity index is 4410. The number of halogens is 2. The van der Waals surface area contributed by atoms with Gasteiger partial charge in [-0.15, -0.1) is 11.3 Å². The Labute approximate surface area is 565 Å². The number of aromatic nitrogens is 4. The molecule has 0 spiro atoms. The minimum absolute atomic E-state index is 0.0319. The first-order valence-corrected chi connectivity index (χ1v) is 34.0. The fourth-order valence-corrected chi connectivity index (χ4v) is 14.1. The molecular formula is C74H70ClFN4O14S2. The molecule has 4 atom stereocenters. The number of carbonyl (C=O) groups is 1. The Morgan fingerprint density at radius 2 is 1.46 bits per heavy atom. The summed E-state index contributed by atoms with van der Waals surface area (Å²) in [6.45, 7) is 5.92.